The lowest BCUT2D eigenvalue weighted by molar-refractivity contribution is -0.145. The van der Waals surface area contributed by atoms with Crippen LogP contribution in [0.15, 0.2) is 12.2 Å². The fourth-order valence-corrected chi connectivity index (χ4v) is 9.58. The average Bonchev–Trinajstić information content (AvgIpc) is 3.20. The maximum Gasteiger partial charge on any atom is 0.147 e. The summed E-state index contributed by atoms with van der Waals surface area (Å²) in [5, 5.41) is 8.00. The Labute approximate surface area is 227 Å². The second-order valence-corrected chi connectivity index (χ2v) is 14.3. The number of carbonyl (C=O) groups is 1. The molecule has 0 bridgehead atoms. The minimum atomic E-state index is -0.233. The van der Waals surface area contributed by atoms with E-state index in [2.05, 4.69) is 34.3 Å². The lowest BCUT2D eigenvalue weighted by atomic mass is 9.39. The van der Waals surface area contributed by atoms with E-state index in [0.717, 1.165) is 37.7 Å². The van der Waals surface area contributed by atoms with Crippen LogP contribution in [-0.2, 0) is 9.53 Å². The number of methoxy groups -OCH3 is 1. The van der Waals surface area contributed by atoms with E-state index >= 15 is 0 Å². The molecule has 214 valence electrons. The van der Waals surface area contributed by atoms with Gasteiger partial charge in [0.2, 0.25) is 0 Å². The first-order valence-electron chi connectivity index (χ1n) is 15.2. The van der Waals surface area contributed by atoms with Crippen molar-refractivity contribution in [3.63, 3.8) is 0 Å². The predicted octanol–water partition coefficient (Wildman–Crippen LogP) is 6.02. The van der Waals surface area contributed by atoms with Crippen molar-refractivity contribution in [2.24, 2.45) is 51.9 Å². The molecule has 0 saturated heterocycles. The van der Waals surface area contributed by atoms with Gasteiger partial charge in [0, 0.05) is 30.4 Å². The van der Waals surface area contributed by atoms with Crippen LogP contribution in [0.1, 0.15) is 111 Å². The molecule has 8 unspecified atom stereocenters. The Morgan fingerprint density at radius 1 is 1.05 bits per heavy atom. The molecule has 4 aliphatic carbocycles. The van der Waals surface area contributed by atoms with Crippen LogP contribution in [0.4, 0.5) is 0 Å². The second kappa shape index (κ2) is 12.2. The minimum absolute atomic E-state index is 0.00535. The number of unbranched alkanes of at least 4 members (excludes halogenated alkanes) is 1. The van der Waals surface area contributed by atoms with Crippen LogP contribution in [0, 0.1) is 40.4 Å². The summed E-state index contributed by atoms with van der Waals surface area (Å²) in [7, 11) is 1.84. The third-order valence-corrected chi connectivity index (χ3v) is 11.8. The first-order chi connectivity index (χ1) is 17.4. The van der Waals surface area contributed by atoms with Crippen molar-refractivity contribution in [3.8, 4) is 0 Å². The average molecular weight is 519 g/mol. The number of fused-ring (bicyclic) bond motifs is 5. The van der Waals surface area contributed by atoms with Crippen LogP contribution in [0.3, 0.4) is 0 Å². The van der Waals surface area contributed by atoms with E-state index in [9.17, 15) is 4.79 Å². The van der Waals surface area contributed by atoms with Crippen molar-refractivity contribution in [3.05, 3.63) is 12.2 Å². The highest BCUT2D eigenvalue weighted by Gasteiger charge is 2.68. The van der Waals surface area contributed by atoms with Crippen LogP contribution in [0.25, 0.3) is 0 Å². The van der Waals surface area contributed by atoms with E-state index in [-0.39, 0.29) is 28.7 Å². The molecule has 0 radical (unpaired) electrons. The first kappa shape index (κ1) is 30.8. The largest absolute Gasteiger partial charge is 0.392 e. The van der Waals surface area contributed by atoms with Crippen molar-refractivity contribution in [1.82, 2.24) is 0 Å². The van der Waals surface area contributed by atoms with Gasteiger partial charge in [-0.3, -0.25) is 4.79 Å². The lowest BCUT2D eigenvalue weighted by Crippen LogP contribution is -2.74. The Morgan fingerprint density at radius 3 is 2.38 bits per heavy atom. The molecule has 0 aromatic rings. The van der Waals surface area contributed by atoms with Gasteiger partial charge in [-0.05, 0) is 105 Å². The number of aliphatic hydroxyl groups excluding tert-OH is 1. The van der Waals surface area contributed by atoms with E-state index in [1.165, 1.54) is 64.2 Å². The van der Waals surface area contributed by atoms with Crippen LogP contribution in [0.5, 0.6) is 0 Å². The molecular formula is C32H58N2O3. The summed E-state index contributed by atoms with van der Waals surface area (Å²) in [6.07, 6.45) is 17.5. The van der Waals surface area contributed by atoms with E-state index in [1.807, 2.05) is 7.11 Å². The molecule has 4 aliphatic rings. The van der Waals surface area contributed by atoms with Crippen molar-refractivity contribution < 1.29 is 14.6 Å². The van der Waals surface area contributed by atoms with Gasteiger partial charge in [-0.15, -0.1) is 0 Å². The van der Waals surface area contributed by atoms with Crippen molar-refractivity contribution >= 4 is 6.29 Å². The van der Waals surface area contributed by atoms with Gasteiger partial charge in [0.1, 0.15) is 6.29 Å². The maximum atomic E-state index is 9.48. The highest BCUT2D eigenvalue weighted by Crippen LogP contribution is 2.69. The molecule has 0 amide bonds. The zero-order chi connectivity index (χ0) is 27.5. The Bertz CT molecular complexity index is 786. The molecule has 4 saturated carbocycles. The molecule has 0 aromatic carbocycles. The SMILES string of the molecule is C=C(C=O)CO.COCC1CCC2(C)C3CCC4(C)C(CCCCC(C)C)CCC4C3(N)CCC2(N)C1. The maximum absolute atomic E-state index is 9.48. The van der Waals surface area contributed by atoms with Gasteiger partial charge in [-0.1, -0.05) is 53.5 Å². The Hall–Kier alpha value is -0.750. The number of hydrogen-bond acceptors (Lipinski definition) is 5. The van der Waals surface area contributed by atoms with Crippen molar-refractivity contribution in [2.75, 3.05) is 20.3 Å². The number of ether oxygens (including phenoxy) is 1. The normalized spacial score (nSPS) is 42.7. The molecule has 0 aromatic heterocycles. The molecule has 8 atom stereocenters. The summed E-state index contributed by atoms with van der Waals surface area (Å²) in [6, 6.07) is 0. The van der Waals surface area contributed by atoms with Gasteiger partial charge >= 0.3 is 0 Å². The van der Waals surface area contributed by atoms with Crippen LogP contribution < -0.4 is 11.5 Å². The zero-order valence-corrected chi connectivity index (χ0v) is 24.7. The van der Waals surface area contributed by atoms with Crippen molar-refractivity contribution in [1.29, 1.82) is 0 Å². The van der Waals surface area contributed by atoms with Crippen molar-refractivity contribution in [2.45, 2.75) is 122 Å². The number of nitrogens with two attached hydrogens (primary N) is 2. The highest BCUT2D eigenvalue weighted by atomic mass is 16.5. The summed E-state index contributed by atoms with van der Waals surface area (Å²) in [6.45, 7) is 13.7. The fourth-order valence-electron chi connectivity index (χ4n) is 9.58. The van der Waals surface area contributed by atoms with Gasteiger partial charge in [0.15, 0.2) is 0 Å². The quantitative estimate of drug-likeness (QED) is 0.197. The molecule has 5 heteroatoms. The minimum Gasteiger partial charge on any atom is -0.392 e. The Morgan fingerprint density at radius 2 is 1.78 bits per heavy atom. The van der Waals surface area contributed by atoms with Gasteiger partial charge < -0.3 is 21.3 Å². The van der Waals surface area contributed by atoms with Gasteiger partial charge in [-0.2, -0.15) is 0 Å². The first-order valence-corrected chi connectivity index (χ1v) is 15.2. The number of rotatable bonds is 9. The van der Waals surface area contributed by atoms with Crippen LogP contribution >= 0.6 is 0 Å². The number of carbonyl (C=O) groups excluding carboxylic acids is 1. The monoisotopic (exact) mass is 518 g/mol. The molecule has 5 nitrogen and oxygen atoms in total. The summed E-state index contributed by atoms with van der Waals surface area (Å²) < 4.78 is 5.52. The van der Waals surface area contributed by atoms with Crippen LogP contribution in [-0.4, -0.2) is 42.8 Å². The Kier molecular flexibility index (Phi) is 10.1. The molecule has 0 heterocycles. The summed E-state index contributed by atoms with van der Waals surface area (Å²) in [5.74, 6) is 3.66. The van der Waals surface area contributed by atoms with E-state index in [4.69, 9.17) is 21.3 Å². The standard InChI is InChI=1S/C28H52N2O.C4H6O2/c1-20(2)8-6-7-9-22-10-11-23-25(22,3)14-13-24-26(4)15-12-21(19-31-5)18-27(26,29)16-17-28(23,24)30;1-4(2-5)3-6/h20-24H,6-19,29-30H2,1-5H3;2,6H,1,3H2. The van der Waals surface area contributed by atoms with Gasteiger partial charge in [0.25, 0.3) is 0 Å². The molecule has 4 fully saturated rings. The third-order valence-electron chi connectivity index (χ3n) is 11.8. The fraction of sp³-hybridized carbons (Fsp3) is 0.906. The molecule has 0 aliphatic heterocycles. The van der Waals surface area contributed by atoms with E-state index < -0.39 is 0 Å². The van der Waals surface area contributed by atoms with E-state index in [1.54, 1.807) is 0 Å². The van der Waals surface area contributed by atoms with Gasteiger partial charge in [0.05, 0.1) is 6.61 Å². The number of aldehydes is 1. The Balaban J connectivity index is 0.000000568. The summed E-state index contributed by atoms with van der Waals surface area (Å²) in [4.78, 5) is 9.48. The number of hydrogen-bond donors (Lipinski definition) is 3. The highest BCUT2D eigenvalue weighted by molar-refractivity contribution is 5.72. The molecule has 4 rings (SSSR count). The van der Waals surface area contributed by atoms with Crippen LogP contribution in [0.2, 0.25) is 0 Å². The summed E-state index contributed by atoms with van der Waals surface area (Å²) in [5.41, 5.74) is 15.7. The topological polar surface area (TPSA) is 98.6 Å². The second-order valence-electron chi connectivity index (χ2n) is 14.3. The lowest BCUT2D eigenvalue weighted by Gasteiger charge is -2.68. The summed E-state index contributed by atoms with van der Waals surface area (Å²) >= 11 is 0. The van der Waals surface area contributed by atoms with E-state index in [0.29, 0.717) is 29.5 Å². The molecule has 0 spiro atoms. The smallest absolute Gasteiger partial charge is 0.147 e. The van der Waals surface area contributed by atoms with Gasteiger partial charge in [-0.25, -0.2) is 0 Å². The number of aliphatic hydroxyl groups is 1. The third kappa shape index (κ3) is 5.90. The predicted molar refractivity (Wildman–Crippen MR) is 153 cm³/mol. The zero-order valence-electron chi connectivity index (χ0n) is 24.7. The molecule has 37 heavy (non-hydrogen) atoms. The molecule has 5 N–H and O–H groups in total. The molecular weight excluding hydrogens is 460 g/mol.